The number of hydrogen-bond acceptors (Lipinski definition) is 4. The molecule has 212 valence electrons. The molecule has 0 spiro atoms. The van der Waals surface area contributed by atoms with Gasteiger partial charge in [0.1, 0.15) is 23.0 Å². The van der Waals surface area contributed by atoms with Crippen LogP contribution in [-0.2, 0) is 9.59 Å². The Hall–Kier alpha value is -4.00. The highest BCUT2D eigenvalue weighted by Crippen LogP contribution is 2.51. The van der Waals surface area contributed by atoms with Gasteiger partial charge in [-0.2, -0.15) is 0 Å². The van der Waals surface area contributed by atoms with Crippen molar-refractivity contribution in [1.82, 2.24) is 9.80 Å². The van der Waals surface area contributed by atoms with Crippen molar-refractivity contribution < 1.29 is 19.1 Å². The highest BCUT2D eigenvalue weighted by atomic mass is 35.5. The molecular weight excluding hydrogens is 571 g/mol. The van der Waals surface area contributed by atoms with Gasteiger partial charge in [-0.3, -0.25) is 9.59 Å². The molecule has 4 atom stereocenters. The summed E-state index contributed by atoms with van der Waals surface area (Å²) in [6.07, 6.45) is 0. The maximum absolute atomic E-state index is 12.6. The number of likely N-dealkylation sites (N-methyl/N-ethyl adjacent to an activating group) is 2. The van der Waals surface area contributed by atoms with Gasteiger partial charge in [0.25, 0.3) is 0 Å². The summed E-state index contributed by atoms with van der Waals surface area (Å²) in [5.41, 5.74) is 3.95. The highest BCUT2D eigenvalue weighted by molar-refractivity contribution is 6.31. The topological polar surface area (TPSA) is 59.1 Å². The molecule has 2 amide bonds. The Labute approximate surface area is 254 Å². The van der Waals surface area contributed by atoms with Gasteiger partial charge in [-0.15, -0.1) is 0 Å². The molecule has 0 unspecified atom stereocenters. The molecule has 4 aliphatic rings. The second-order valence-corrected chi connectivity index (χ2v) is 12.1. The minimum atomic E-state index is -0.215. The molecule has 42 heavy (non-hydrogen) atoms. The van der Waals surface area contributed by atoms with Crippen LogP contribution in [0.2, 0.25) is 10.0 Å². The van der Waals surface area contributed by atoms with E-state index in [0.717, 1.165) is 45.3 Å². The molecule has 6 nitrogen and oxygen atoms in total. The van der Waals surface area contributed by atoms with Crippen molar-refractivity contribution in [3.8, 4) is 23.0 Å². The number of likely N-dealkylation sites (tertiary alicyclic amines) is 2. The molecule has 0 bridgehead atoms. The first-order chi connectivity index (χ1) is 20.3. The third-order valence-electron chi connectivity index (χ3n) is 8.72. The van der Waals surface area contributed by atoms with E-state index in [4.69, 9.17) is 32.7 Å². The van der Waals surface area contributed by atoms with E-state index in [9.17, 15) is 9.59 Å². The molecule has 8 heteroatoms. The molecule has 0 radical (unpaired) electrons. The molecule has 0 aliphatic carbocycles. The van der Waals surface area contributed by atoms with Crippen LogP contribution in [0.3, 0.4) is 0 Å². The fraction of sp³-hybridized carbons (Fsp3) is 0.235. The molecule has 8 rings (SSSR count). The summed E-state index contributed by atoms with van der Waals surface area (Å²) < 4.78 is 12.1. The van der Waals surface area contributed by atoms with E-state index in [1.807, 2.05) is 86.9 Å². The summed E-state index contributed by atoms with van der Waals surface area (Å²) in [6, 6.07) is 26.9. The number of hydrogen-bond donors (Lipinski definition) is 0. The first kappa shape index (κ1) is 26.9. The van der Waals surface area contributed by atoms with Crippen molar-refractivity contribution in [1.29, 1.82) is 0 Å². The van der Waals surface area contributed by atoms with Gasteiger partial charge in [0.15, 0.2) is 0 Å². The Morgan fingerprint density at radius 3 is 1.38 bits per heavy atom. The van der Waals surface area contributed by atoms with Crippen LogP contribution in [0.4, 0.5) is 0 Å². The number of carbonyl (C=O) groups is 2. The van der Waals surface area contributed by atoms with Crippen molar-refractivity contribution in [2.75, 3.05) is 27.2 Å². The number of fused-ring (bicyclic) bond motifs is 10. The summed E-state index contributed by atoms with van der Waals surface area (Å²) in [5.74, 6) is 3.16. The van der Waals surface area contributed by atoms with Crippen molar-refractivity contribution in [3.05, 3.63) is 117 Å². The lowest BCUT2D eigenvalue weighted by molar-refractivity contribution is -0.128. The summed E-state index contributed by atoms with van der Waals surface area (Å²) in [4.78, 5) is 28.8. The van der Waals surface area contributed by atoms with Crippen LogP contribution in [0.25, 0.3) is 0 Å². The molecule has 0 saturated carbocycles. The Balaban J connectivity index is 0.000000137. The number of halogens is 2. The first-order valence-electron chi connectivity index (χ1n) is 13.9. The number of para-hydroxylation sites is 2. The SMILES string of the molecule is CN1C[C@@H]2c3ccccc3Oc3ccc(Cl)cc3[C@H]2C1=O.CN1C[C@H]2c3ccccc3Oc3ccc(Cl)cc3[C@H]2C1=O. The van der Waals surface area contributed by atoms with Gasteiger partial charge >= 0.3 is 0 Å². The van der Waals surface area contributed by atoms with Gasteiger partial charge in [-0.1, -0.05) is 59.6 Å². The number of ether oxygens (including phenoxy) is 2. The third kappa shape index (κ3) is 4.41. The third-order valence-corrected chi connectivity index (χ3v) is 9.19. The number of benzene rings is 4. The molecule has 4 aromatic carbocycles. The summed E-state index contributed by atoms with van der Waals surface area (Å²) >= 11 is 12.3. The van der Waals surface area contributed by atoms with Crippen LogP contribution >= 0.6 is 23.2 Å². The molecule has 2 fully saturated rings. The normalized spacial score (nSPS) is 23.0. The van der Waals surface area contributed by atoms with Crippen LogP contribution in [-0.4, -0.2) is 48.8 Å². The van der Waals surface area contributed by atoms with Crippen molar-refractivity contribution in [2.24, 2.45) is 0 Å². The quantitative estimate of drug-likeness (QED) is 0.209. The van der Waals surface area contributed by atoms with Crippen molar-refractivity contribution in [3.63, 3.8) is 0 Å². The summed E-state index contributed by atoms with van der Waals surface area (Å²) in [5, 5.41) is 1.26. The summed E-state index contributed by atoms with van der Waals surface area (Å²) in [6.45, 7) is 1.41. The maximum atomic E-state index is 12.6. The Bertz CT molecular complexity index is 1610. The van der Waals surface area contributed by atoms with Crippen molar-refractivity contribution >= 4 is 35.0 Å². The van der Waals surface area contributed by atoms with E-state index in [-0.39, 0.29) is 35.5 Å². The van der Waals surface area contributed by atoms with E-state index in [1.54, 1.807) is 21.9 Å². The van der Waals surface area contributed by atoms with Crippen LogP contribution in [0.15, 0.2) is 84.9 Å². The minimum absolute atomic E-state index is 0.110. The van der Waals surface area contributed by atoms with E-state index in [1.165, 1.54) is 0 Å². The van der Waals surface area contributed by atoms with E-state index in [2.05, 4.69) is 0 Å². The van der Waals surface area contributed by atoms with Gasteiger partial charge in [0.05, 0.1) is 11.8 Å². The zero-order chi connectivity index (χ0) is 29.1. The standard InChI is InChI=1S/2C17H14ClNO2/c2*1-19-9-13-11-4-2-3-5-14(11)21-15-7-6-10(18)8-12(15)16(13)17(19)20/h2*2-8,13,16H,9H2,1H3/t13-,16+;13-,16-/m01/s1. The first-order valence-corrected chi connectivity index (χ1v) is 14.7. The van der Waals surface area contributed by atoms with E-state index in [0.29, 0.717) is 23.1 Å². The molecular formula is C34H28Cl2N2O4. The Kier molecular flexibility index (Phi) is 6.63. The zero-order valence-corrected chi connectivity index (χ0v) is 24.6. The van der Waals surface area contributed by atoms with Gasteiger partial charge in [0, 0.05) is 71.3 Å². The minimum Gasteiger partial charge on any atom is -0.457 e. The zero-order valence-electron chi connectivity index (χ0n) is 23.1. The number of carbonyl (C=O) groups excluding carboxylic acids is 2. The maximum Gasteiger partial charge on any atom is 0.230 e. The molecule has 0 N–H and O–H groups in total. The average molecular weight is 600 g/mol. The van der Waals surface area contributed by atoms with Crippen molar-refractivity contribution in [2.45, 2.75) is 23.7 Å². The van der Waals surface area contributed by atoms with Crippen LogP contribution in [0, 0.1) is 0 Å². The van der Waals surface area contributed by atoms with Crippen LogP contribution in [0.5, 0.6) is 23.0 Å². The van der Waals surface area contributed by atoms with E-state index < -0.39 is 0 Å². The average Bonchev–Trinajstić information content (AvgIpc) is 3.34. The second-order valence-electron chi connectivity index (χ2n) is 11.2. The number of nitrogens with zero attached hydrogens (tertiary/aromatic N) is 2. The molecule has 4 heterocycles. The van der Waals surface area contributed by atoms with E-state index >= 15 is 0 Å². The molecule has 2 saturated heterocycles. The predicted octanol–water partition coefficient (Wildman–Crippen LogP) is 7.57. The molecule has 0 aromatic heterocycles. The fourth-order valence-corrected chi connectivity index (χ4v) is 7.12. The molecule has 4 aromatic rings. The predicted molar refractivity (Wildman–Crippen MR) is 162 cm³/mol. The lowest BCUT2D eigenvalue weighted by atomic mass is 9.84. The summed E-state index contributed by atoms with van der Waals surface area (Å²) in [7, 11) is 3.70. The lowest BCUT2D eigenvalue weighted by Crippen LogP contribution is -2.21. The van der Waals surface area contributed by atoms with Gasteiger partial charge in [-0.05, 0) is 48.5 Å². The number of rotatable bonds is 0. The Morgan fingerprint density at radius 2 is 0.952 bits per heavy atom. The monoisotopic (exact) mass is 598 g/mol. The second kappa shape index (κ2) is 10.4. The van der Waals surface area contributed by atoms with Gasteiger partial charge in [-0.25, -0.2) is 0 Å². The smallest absolute Gasteiger partial charge is 0.230 e. The lowest BCUT2D eigenvalue weighted by Gasteiger charge is -2.15. The molecule has 4 aliphatic heterocycles. The number of amides is 2. The van der Waals surface area contributed by atoms with Gasteiger partial charge in [0.2, 0.25) is 11.8 Å². The van der Waals surface area contributed by atoms with Gasteiger partial charge < -0.3 is 19.3 Å². The van der Waals surface area contributed by atoms with Crippen LogP contribution < -0.4 is 9.47 Å². The largest absolute Gasteiger partial charge is 0.457 e. The fourth-order valence-electron chi connectivity index (χ4n) is 6.76. The van der Waals surface area contributed by atoms with Crippen LogP contribution in [0.1, 0.15) is 45.9 Å². The highest BCUT2D eigenvalue weighted by Gasteiger charge is 2.45. The Morgan fingerprint density at radius 1 is 0.571 bits per heavy atom.